The molecule has 0 heterocycles. The zero-order valence-corrected chi connectivity index (χ0v) is 8.66. The van der Waals surface area contributed by atoms with E-state index in [-0.39, 0.29) is 12.1 Å². The van der Waals surface area contributed by atoms with Crippen molar-refractivity contribution >= 4 is 8.11 Å². The molecule has 1 atom stereocenters. The van der Waals surface area contributed by atoms with E-state index in [1.807, 2.05) is 13.8 Å². The van der Waals surface area contributed by atoms with Crippen molar-refractivity contribution in [1.82, 2.24) is 0 Å². The molecule has 0 amide bonds. The van der Waals surface area contributed by atoms with Crippen LogP contribution in [0.3, 0.4) is 0 Å². The molecular weight excluding hydrogens is 181 g/mol. The molecule has 1 unspecified atom stereocenters. The van der Waals surface area contributed by atoms with Crippen LogP contribution in [0.1, 0.15) is 39.5 Å². The molecule has 0 rings (SSSR count). The summed E-state index contributed by atoms with van der Waals surface area (Å²) in [5, 5.41) is 0. The monoisotopic (exact) mass is 199 g/mol. The largest absolute Gasteiger partial charge is 0.518 e. The molecule has 12 heavy (non-hydrogen) atoms. The smallest absolute Gasteiger partial charge is 0.184 e. The fourth-order valence-corrected chi connectivity index (χ4v) is 2.29. The Morgan fingerprint density at radius 1 is 1.33 bits per heavy atom. The van der Waals surface area contributed by atoms with Gasteiger partial charge >= 0.3 is 8.11 Å². The summed E-state index contributed by atoms with van der Waals surface area (Å²) in [5.41, 5.74) is 0. The molecule has 0 aliphatic rings. The normalized spacial score (nSPS) is 14.8. The maximum atomic E-state index is 12.3. The lowest BCUT2D eigenvalue weighted by Gasteiger charge is -2.10. The Morgan fingerprint density at radius 3 is 2.25 bits per heavy atom. The topological polar surface area (TPSA) is 20.2 Å². The third kappa shape index (κ3) is 6.93. The van der Waals surface area contributed by atoms with Crippen molar-refractivity contribution in [2.24, 2.45) is 5.92 Å². The minimum atomic E-state index is -4.53. The van der Waals surface area contributed by atoms with Crippen LogP contribution in [0.5, 0.6) is 0 Å². The summed E-state index contributed by atoms with van der Waals surface area (Å²) in [6.45, 7) is 3.94. The molecule has 0 bridgehead atoms. The number of hydrogen-bond acceptors (Lipinski definition) is 1. The quantitative estimate of drug-likeness (QED) is 0.643. The molecule has 0 aromatic heterocycles. The minimum Gasteiger partial charge on any atom is -0.184 e. The van der Waals surface area contributed by atoms with Crippen LogP contribution in [0.2, 0.25) is 0 Å². The lowest BCUT2D eigenvalue weighted by atomic mass is 10.0. The molecule has 0 aliphatic heterocycles. The number of halogens is 2. The van der Waals surface area contributed by atoms with Crippen molar-refractivity contribution in [2.75, 3.05) is 6.16 Å². The SMILES string of the molecule is CCCCC(CC)C[P+](O)(F)F. The summed E-state index contributed by atoms with van der Waals surface area (Å²) in [5.74, 6) is 0.0123. The van der Waals surface area contributed by atoms with Gasteiger partial charge in [-0.1, -0.05) is 26.7 Å². The molecule has 0 aliphatic carbocycles. The molecule has 4 heteroatoms. The van der Waals surface area contributed by atoms with Crippen LogP contribution in [0.25, 0.3) is 0 Å². The van der Waals surface area contributed by atoms with Crippen molar-refractivity contribution in [3.05, 3.63) is 0 Å². The van der Waals surface area contributed by atoms with E-state index in [4.69, 9.17) is 4.89 Å². The van der Waals surface area contributed by atoms with Gasteiger partial charge in [-0.25, -0.2) is 0 Å². The van der Waals surface area contributed by atoms with E-state index in [1.54, 1.807) is 0 Å². The van der Waals surface area contributed by atoms with Crippen LogP contribution in [-0.4, -0.2) is 11.1 Å². The first-order valence-corrected chi connectivity index (χ1v) is 6.20. The van der Waals surface area contributed by atoms with Gasteiger partial charge < -0.3 is 0 Å². The van der Waals surface area contributed by atoms with E-state index in [0.29, 0.717) is 0 Å². The summed E-state index contributed by atoms with van der Waals surface area (Å²) in [7, 11) is -4.53. The van der Waals surface area contributed by atoms with Gasteiger partial charge in [-0.3, -0.25) is 0 Å². The Balaban J connectivity index is 3.67. The Bertz CT molecular complexity index is 114. The van der Waals surface area contributed by atoms with Gasteiger partial charge in [0.25, 0.3) is 0 Å². The number of unbranched alkanes of at least 4 members (excludes halogenated alkanes) is 1. The van der Waals surface area contributed by atoms with Gasteiger partial charge in [-0.05, 0) is 12.8 Å². The third-order valence-electron chi connectivity index (χ3n) is 2.02. The molecule has 0 spiro atoms. The number of rotatable bonds is 6. The van der Waals surface area contributed by atoms with Gasteiger partial charge in [0.05, 0.1) is 0 Å². The van der Waals surface area contributed by atoms with Gasteiger partial charge in [0.1, 0.15) is 0 Å². The Kier molecular flexibility index (Phi) is 5.94. The first-order chi connectivity index (χ1) is 5.49. The van der Waals surface area contributed by atoms with Gasteiger partial charge in [0.15, 0.2) is 6.16 Å². The van der Waals surface area contributed by atoms with Crippen molar-refractivity contribution in [1.29, 1.82) is 0 Å². The van der Waals surface area contributed by atoms with E-state index in [9.17, 15) is 8.39 Å². The van der Waals surface area contributed by atoms with Crippen molar-refractivity contribution in [3.63, 3.8) is 0 Å². The maximum absolute atomic E-state index is 12.3. The summed E-state index contributed by atoms with van der Waals surface area (Å²) in [4.78, 5) is 8.40. The van der Waals surface area contributed by atoms with Crippen LogP contribution < -0.4 is 0 Å². The summed E-state index contributed by atoms with van der Waals surface area (Å²) >= 11 is 0. The molecule has 1 nitrogen and oxygen atoms in total. The Labute approximate surface area is 73.8 Å². The predicted molar refractivity (Wildman–Crippen MR) is 49.5 cm³/mol. The standard InChI is InChI=1S/C8H18F2OP/c1-3-5-6-8(4-2)7-12(9,10)11/h8,11H,3-7H2,1-2H3/q+1. The summed E-state index contributed by atoms with van der Waals surface area (Å²) < 4.78 is 24.5. The second-order valence-corrected chi connectivity index (χ2v) is 4.75. The third-order valence-corrected chi connectivity index (χ3v) is 2.98. The number of hydrogen-bond donors (Lipinski definition) is 1. The zero-order valence-electron chi connectivity index (χ0n) is 7.76. The fourth-order valence-electron chi connectivity index (χ4n) is 1.23. The molecule has 74 valence electrons. The highest BCUT2D eigenvalue weighted by molar-refractivity contribution is 7.59. The lowest BCUT2D eigenvalue weighted by Crippen LogP contribution is -2.05. The Hall–Kier alpha value is 0.250. The van der Waals surface area contributed by atoms with Crippen LogP contribution >= 0.6 is 8.11 Å². The average molecular weight is 199 g/mol. The highest BCUT2D eigenvalue weighted by Gasteiger charge is 2.40. The van der Waals surface area contributed by atoms with Gasteiger partial charge in [-0.15, -0.1) is 0 Å². The molecule has 0 saturated heterocycles. The second-order valence-electron chi connectivity index (χ2n) is 3.19. The van der Waals surface area contributed by atoms with Crippen molar-refractivity contribution in [3.8, 4) is 0 Å². The molecule has 0 fully saturated rings. The van der Waals surface area contributed by atoms with Crippen LogP contribution in [0.4, 0.5) is 8.39 Å². The minimum absolute atomic E-state index is 0.0123. The first kappa shape index (κ1) is 12.2. The highest BCUT2D eigenvalue weighted by atomic mass is 31.3. The highest BCUT2D eigenvalue weighted by Crippen LogP contribution is 2.59. The second kappa shape index (κ2) is 5.82. The predicted octanol–water partition coefficient (Wildman–Crippen LogP) is 3.90. The van der Waals surface area contributed by atoms with Gasteiger partial charge in [0, 0.05) is 14.3 Å². The van der Waals surface area contributed by atoms with E-state index in [1.165, 1.54) is 0 Å². The molecular formula is C8H18F2OP+. The van der Waals surface area contributed by atoms with Gasteiger partial charge in [-0.2, -0.15) is 4.89 Å². The maximum Gasteiger partial charge on any atom is 0.518 e. The van der Waals surface area contributed by atoms with E-state index < -0.39 is 8.11 Å². The van der Waals surface area contributed by atoms with Crippen LogP contribution in [0, 0.1) is 5.92 Å². The molecule has 0 aromatic rings. The average Bonchev–Trinajstić information content (AvgIpc) is 1.95. The summed E-state index contributed by atoms with van der Waals surface area (Å²) in [6.07, 6.45) is 3.31. The molecule has 0 saturated carbocycles. The van der Waals surface area contributed by atoms with Crippen LogP contribution in [0.15, 0.2) is 0 Å². The molecule has 0 radical (unpaired) electrons. The Morgan fingerprint density at radius 2 is 1.92 bits per heavy atom. The molecule has 1 N–H and O–H groups in total. The van der Waals surface area contributed by atoms with Gasteiger partial charge in [0.2, 0.25) is 0 Å². The lowest BCUT2D eigenvalue weighted by molar-refractivity contribution is 0.419. The fraction of sp³-hybridized carbons (Fsp3) is 1.00. The zero-order chi connectivity index (χ0) is 9.61. The van der Waals surface area contributed by atoms with E-state index in [0.717, 1.165) is 25.7 Å². The van der Waals surface area contributed by atoms with E-state index in [2.05, 4.69) is 0 Å². The van der Waals surface area contributed by atoms with E-state index >= 15 is 0 Å². The van der Waals surface area contributed by atoms with Crippen molar-refractivity contribution < 1.29 is 13.3 Å². The molecule has 0 aromatic carbocycles. The van der Waals surface area contributed by atoms with Crippen LogP contribution in [-0.2, 0) is 0 Å². The summed E-state index contributed by atoms with van der Waals surface area (Å²) in [6, 6.07) is 0. The first-order valence-electron chi connectivity index (χ1n) is 4.49. The van der Waals surface area contributed by atoms with Crippen molar-refractivity contribution in [2.45, 2.75) is 39.5 Å².